The summed E-state index contributed by atoms with van der Waals surface area (Å²) in [6.45, 7) is 3.88. The van der Waals surface area contributed by atoms with Crippen LogP contribution in [0.2, 0.25) is 0 Å². The highest BCUT2D eigenvalue weighted by molar-refractivity contribution is 5.76. The number of aliphatic hydroxyl groups is 5. The number of rotatable bonds is 60. The van der Waals surface area contributed by atoms with Crippen molar-refractivity contribution < 1.29 is 39.8 Å². The lowest BCUT2D eigenvalue weighted by molar-refractivity contribution is -0.302. The van der Waals surface area contributed by atoms with Gasteiger partial charge in [-0.25, -0.2) is 0 Å². The minimum atomic E-state index is -1.55. The summed E-state index contributed by atoms with van der Waals surface area (Å²) in [4.78, 5) is 13.1. The molecule has 1 aliphatic heterocycles. The Bertz CT molecular complexity index is 1140. The minimum absolute atomic E-state index is 0.131. The van der Waals surface area contributed by atoms with Gasteiger partial charge in [0, 0.05) is 6.42 Å². The summed E-state index contributed by atoms with van der Waals surface area (Å²) in [5, 5.41) is 54.7. The van der Waals surface area contributed by atoms with Gasteiger partial charge in [0.2, 0.25) is 5.91 Å². The Balaban J connectivity index is 1.98. The van der Waals surface area contributed by atoms with E-state index in [-0.39, 0.29) is 12.5 Å². The molecular formula is C66H131NO8. The summed E-state index contributed by atoms with van der Waals surface area (Å²) < 4.78 is 11.3. The molecule has 7 unspecified atom stereocenters. The number of hydrogen-bond acceptors (Lipinski definition) is 8. The first kappa shape index (κ1) is 72.2. The third kappa shape index (κ3) is 45.6. The largest absolute Gasteiger partial charge is 0.394 e. The van der Waals surface area contributed by atoms with Crippen LogP contribution in [0.25, 0.3) is 0 Å². The van der Waals surface area contributed by atoms with E-state index in [1.54, 1.807) is 0 Å². The molecule has 9 heteroatoms. The molecule has 0 aromatic carbocycles. The van der Waals surface area contributed by atoms with Gasteiger partial charge in [-0.1, -0.05) is 341 Å². The van der Waals surface area contributed by atoms with Crippen LogP contribution in [0.5, 0.6) is 0 Å². The molecule has 0 aromatic heterocycles. The Morgan fingerprint density at radius 1 is 0.400 bits per heavy atom. The molecule has 9 nitrogen and oxygen atoms in total. The molecule has 0 bridgehead atoms. The first-order chi connectivity index (χ1) is 36.8. The molecule has 1 heterocycles. The molecule has 1 saturated heterocycles. The predicted molar refractivity (Wildman–Crippen MR) is 318 cm³/mol. The number of unbranched alkanes of at least 4 members (excludes halogenated alkanes) is 50. The van der Waals surface area contributed by atoms with Crippen LogP contribution < -0.4 is 5.32 Å². The van der Waals surface area contributed by atoms with E-state index in [9.17, 15) is 30.3 Å². The zero-order valence-electron chi connectivity index (χ0n) is 50.1. The van der Waals surface area contributed by atoms with Crippen molar-refractivity contribution in [1.29, 1.82) is 0 Å². The second kappa shape index (κ2) is 56.5. The van der Waals surface area contributed by atoms with Gasteiger partial charge in [0.1, 0.15) is 24.4 Å². The van der Waals surface area contributed by atoms with Gasteiger partial charge in [0.15, 0.2) is 6.29 Å². The van der Waals surface area contributed by atoms with E-state index >= 15 is 0 Å². The number of nitrogens with one attached hydrogen (secondary N) is 1. The predicted octanol–water partition coefficient (Wildman–Crippen LogP) is 17.8. The van der Waals surface area contributed by atoms with Crippen molar-refractivity contribution in [3.63, 3.8) is 0 Å². The highest BCUT2D eigenvalue weighted by Crippen LogP contribution is 2.24. The van der Waals surface area contributed by atoms with Crippen LogP contribution in [0.3, 0.4) is 0 Å². The maximum atomic E-state index is 13.1. The highest BCUT2D eigenvalue weighted by atomic mass is 16.7. The summed E-state index contributed by atoms with van der Waals surface area (Å²) in [5.74, 6) is -0.136. The van der Waals surface area contributed by atoms with Crippen LogP contribution in [-0.2, 0) is 14.3 Å². The van der Waals surface area contributed by atoms with Crippen molar-refractivity contribution in [2.45, 2.75) is 403 Å². The summed E-state index contributed by atoms with van der Waals surface area (Å²) in [6.07, 6.45) is 63.4. The maximum absolute atomic E-state index is 13.1. The fraction of sp³-hybridized carbons (Fsp3) is 0.985. The van der Waals surface area contributed by atoms with Gasteiger partial charge >= 0.3 is 0 Å². The molecule has 1 rings (SSSR count). The zero-order valence-corrected chi connectivity index (χ0v) is 50.1. The summed E-state index contributed by atoms with van der Waals surface area (Å²) >= 11 is 0. The van der Waals surface area contributed by atoms with Crippen molar-refractivity contribution in [3.05, 3.63) is 0 Å². The van der Waals surface area contributed by atoms with E-state index in [1.807, 2.05) is 0 Å². The molecule has 448 valence electrons. The number of amides is 1. The lowest BCUT2D eigenvalue weighted by atomic mass is 9.99. The lowest BCUT2D eigenvalue weighted by Gasteiger charge is -2.40. The van der Waals surface area contributed by atoms with E-state index in [1.165, 1.54) is 295 Å². The fourth-order valence-electron chi connectivity index (χ4n) is 11.4. The summed E-state index contributed by atoms with van der Waals surface area (Å²) in [5.41, 5.74) is 0. The van der Waals surface area contributed by atoms with Crippen LogP contribution in [0.15, 0.2) is 0 Å². The molecule has 7 atom stereocenters. The fourth-order valence-corrected chi connectivity index (χ4v) is 11.4. The molecule has 1 amide bonds. The van der Waals surface area contributed by atoms with Crippen LogP contribution in [0.4, 0.5) is 0 Å². The maximum Gasteiger partial charge on any atom is 0.220 e. The van der Waals surface area contributed by atoms with Crippen molar-refractivity contribution in [1.82, 2.24) is 5.32 Å². The first-order valence-electron chi connectivity index (χ1n) is 33.7. The first-order valence-corrected chi connectivity index (χ1v) is 33.7. The Hall–Kier alpha value is -0.810. The normalized spacial score (nSPS) is 18.7. The number of carbonyl (C=O) groups is 1. The standard InChI is InChI=1S/C66H131NO8/c1-3-5-7-9-11-13-15-17-18-19-20-21-22-23-24-25-26-27-28-29-30-31-32-33-34-35-36-37-38-39-40-41-42-44-46-48-50-52-54-56-62(70)67-59(58-74-66-65(73)64(72)63(71)61(57-68)75-66)60(69)55-53-51-49-47-45-43-16-14-12-10-8-6-4-2/h59-61,63-66,68-69,71-73H,3-58H2,1-2H3,(H,67,70). The molecule has 0 spiro atoms. The van der Waals surface area contributed by atoms with Gasteiger partial charge in [0.25, 0.3) is 0 Å². The van der Waals surface area contributed by atoms with E-state index in [4.69, 9.17) is 9.47 Å². The average Bonchev–Trinajstić information content (AvgIpc) is 3.41. The molecule has 1 fully saturated rings. The van der Waals surface area contributed by atoms with Crippen LogP contribution in [-0.4, -0.2) is 87.5 Å². The van der Waals surface area contributed by atoms with Gasteiger partial charge < -0.3 is 40.3 Å². The van der Waals surface area contributed by atoms with Crippen molar-refractivity contribution >= 4 is 5.91 Å². The molecule has 0 saturated carbocycles. The number of aliphatic hydroxyl groups excluding tert-OH is 5. The molecule has 75 heavy (non-hydrogen) atoms. The topological polar surface area (TPSA) is 149 Å². The minimum Gasteiger partial charge on any atom is -0.394 e. The number of hydrogen-bond donors (Lipinski definition) is 6. The van der Waals surface area contributed by atoms with Crippen molar-refractivity contribution in [3.8, 4) is 0 Å². The molecule has 0 aromatic rings. The Labute approximate surface area is 465 Å². The highest BCUT2D eigenvalue weighted by Gasteiger charge is 2.44. The quantitative estimate of drug-likeness (QED) is 0.0330. The molecular weight excluding hydrogens is 935 g/mol. The second-order valence-corrected chi connectivity index (χ2v) is 24.0. The zero-order chi connectivity index (χ0) is 54.3. The number of ether oxygens (including phenoxy) is 2. The molecule has 0 radical (unpaired) electrons. The van der Waals surface area contributed by atoms with Gasteiger partial charge in [-0.15, -0.1) is 0 Å². The SMILES string of the molecule is CCCCCCCCCCCCCCCCCCCCCCCCCCCCCCCCCCCCCCCCCC(=O)NC(COC1OC(CO)C(O)C(O)C1O)C(O)CCCCCCCCCCCCCCC. The Morgan fingerprint density at radius 3 is 0.947 bits per heavy atom. The molecule has 1 aliphatic rings. The van der Waals surface area contributed by atoms with Crippen LogP contribution in [0, 0.1) is 0 Å². The summed E-state index contributed by atoms with van der Waals surface area (Å²) in [6, 6.07) is -0.713. The van der Waals surface area contributed by atoms with Gasteiger partial charge in [-0.3, -0.25) is 4.79 Å². The van der Waals surface area contributed by atoms with Gasteiger partial charge in [-0.05, 0) is 12.8 Å². The Kier molecular flexibility index (Phi) is 54.4. The van der Waals surface area contributed by atoms with Crippen LogP contribution >= 0.6 is 0 Å². The van der Waals surface area contributed by atoms with Crippen LogP contribution in [0.1, 0.15) is 361 Å². The summed E-state index contributed by atoms with van der Waals surface area (Å²) in [7, 11) is 0. The molecule has 0 aliphatic carbocycles. The van der Waals surface area contributed by atoms with E-state index in [2.05, 4.69) is 19.2 Å². The van der Waals surface area contributed by atoms with E-state index in [0.29, 0.717) is 12.8 Å². The monoisotopic (exact) mass is 1070 g/mol. The third-order valence-corrected chi connectivity index (χ3v) is 16.7. The lowest BCUT2D eigenvalue weighted by Crippen LogP contribution is -2.60. The third-order valence-electron chi connectivity index (χ3n) is 16.7. The van der Waals surface area contributed by atoms with E-state index < -0.39 is 49.5 Å². The van der Waals surface area contributed by atoms with Gasteiger partial charge in [0.05, 0.1) is 25.4 Å². The molecule has 6 N–H and O–H groups in total. The van der Waals surface area contributed by atoms with Gasteiger partial charge in [-0.2, -0.15) is 0 Å². The Morgan fingerprint density at radius 2 is 0.667 bits per heavy atom. The smallest absolute Gasteiger partial charge is 0.220 e. The average molecular weight is 1070 g/mol. The van der Waals surface area contributed by atoms with Crippen molar-refractivity contribution in [2.75, 3.05) is 13.2 Å². The van der Waals surface area contributed by atoms with Crippen molar-refractivity contribution in [2.24, 2.45) is 0 Å². The van der Waals surface area contributed by atoms with E-state index in [0.717, 1.165) is 38.5 Å². The number of carbonyl (C=O) groups excluding carboxylic acids is 1. The second-order valence-electron chi connectivity index (χ2n) is 24.0.